The van der Waals surface area contributed by atoms with E-state index < -0.39 is 35.0 Å². The first-order valence-electron chi connectivity index (χ1n) is 39.9. The van der Waals surface area contributed by atoms with Crippen LogP contribution in [0.1, 0.15) is 330 Å². The lowest BCUT2D eigenvalue weighted by Gasteiger charge is -2.14. The molecule has 618 valence electrons. The Morgan fingerprint density at radius 2 is 0.726 bits per heavy atom. The molecule has 0 saturated carbocycles. The van der Waals surface area contributed by atoms with Crippen LogP contribution in [-0.4, -0.2) is 0 Å². The third-order valence-corrected chi connectivity index (χ3v) is 19.7. The summed E-state index contributed by atoms with van der Waals surface area (Å²) in [6.45, 7) is 60.5. The SMILES string of the molecule is CC(C)c1ccc(F)cc1F.CC(C)c1cccc(Br)c1.CC(C)c1ccccc1C(C)C.CC(C)c1ccccc1C(F)(F)F.CCc1cccc(C(C)C)c1.Cc1cc(C(C)C)ccc1F.Cc1cc(Cl)cc(C(C)C)c1.Cc1cc(F)cc(F)c1C(C)C.Cc1cccc(C)c1C(C)C.Cc1cccc(Cl)c1C(C)C. The Morgan fingerprint density at radius 3 is 1.10 bits per heavy atom. The molecule has 10 aromatic carbocycles. The quantitative estimate of drug-likeness (QED) is 0.107. The highest BCUT2D eigenvalue weighted by Crippen LogP contribution is 2.36. The van der Waals surface area contributed by atoms with Gasteiger partial charge in [-0.1, -0.05) is 332 Å². The number of halogens is 11. The van der Waals surface area contributed by atoms with Crippen LogP contribution in [-0.2, 0) is 12.6 Å². The zero-order chi connectivity index (χ0) is 86.5. The van der Waals surface area contributed by atoms with Crippen LogP contribution in [0.4, 0.5) is 35.1 Å². The number of alkyl halides is 3. The van der Waals surface area contributed by atoms with Crippen molar-refractivity contribution < 1.29 is 35.1 Å². The number of rotatable bonds is 12. The van der Waals surface area contributed by atoms with Crippen LogP contribution in [0.5, 0.6) is 0 Å². The Labute approximate surface area is 697 Å². The number of hydrogen-bond donors (Lipinski definition) is 0. The topological polar surface area (TPSA) is 0 Å². The molecule has 0 aliphatic carbocycles. The van der Waals surface area contributed by atoms with Crippen molar-refractivity contribution in [1.82, 2.24) is 0 Å². The molecule has 10 rings (SSSR count). The van der Waals surface area contributed by atoms with Crippen molar-refractivity contribution in [2.75, 3.05) is 0 Å². The van der Waals surface area contributed by atoms with E-state index in [1.807, 2.05) is 70.2 Å². The Bertz CT molecular complexity index is 4220. The molecule has 0 fully saturated rings. The molecule has 0 bridgehead atoms. The lowest BCUT2D eigenvalue weighted by Crippen LogP contribution is -2.09. The third kappa shape index (κ3) is 38.8. The molecule has 0 atom stereocenters. The molecule has 113 heavy (non-hydrogen) atoms. The summed E-state index contributed by atoms with van der Waals surface area (Å²) in [6, 6.07) is 61.6. The van der Waals surface area contributed by atoms with Gasteiger partial charge in [-0.2, -0.15) is 13.2 Å². The van der Waals surface area contributed by atoms with E-state index in [1.165, 1.54) is 113 Å². The zero-order valence-corrected chi connectivity index (χ0v) is 76.4. The summed E-state index contributed by atoms with van der Waals surface area (Å²) in [4.78, 5) is 0. The first kappa shape index (κ1) is 104. The molecule has 0 amide bonds. The molecule has 0 radical (unpaired) electrons. The minimum absolute atomic E-state index is 0.0992. The summed E-state index contributed by atoms with van der Waals surface area (Å²) in [7, 11) is 0. The molecule has 0 aliphatic heterocycles. The highest BCUT2D eigenvalue weighted by atomic mass is 79.9. The summed E-state index contributed by atoms with van der Waals surface area (Å²) in [6.07, 6.45) is -3.10. The monoisotopic (exact) mass is 1660 g/mol. The average molecular weight is 1660 g/mol. The summed E-state index contributed by atoms with van der Waals surface area (Å²) >= 11 is 15.3. The first-order valence-corrected chi connectivity index (χ1v) is 41.5. The predicted octanol–water partition coefficient (Wildman–Crippen LogP) is 35.4. The lowest BCUT2D eigenvalue weighted by molar-refractivity contribution is -0.138. The Balaban J connectivity index is 0.000000628. The summed E-state index contributed by atoms with van der Waals surface area (Å²) < 4.78 is 102. The number of aryl methyl sites for hydroxylation is 7. The Morgan fingerprint density at radius 1 is 0.301 bits per heavy atom. The molecule has 10 aromatic rings. The van der Waals surface area contributed by atoms with E-state index >= 15 is 0 Å². The minimum atomic E-state index is -4.24. The van der Waals surface area contributed by atoms with Gasteiger partial charge in [0, 0.05) is 26.7 Å². The van der Waals surface area contributed by atoms with Crippen LogP contribution in [0, 0.1) is 70.6 Å². The maximum absolute atomic E-state index is 13.1. The van der Waals surface area contributed by atoms with E-state index in [9.17, 15) is 35.1 Å². The summed E-state index contributed by atoms with van der Waals surface area (Å²) in [5, 5.41) is 1.73. The van der Waals surface area contributed by atoms with Crippen molar-refractivity contribution in [3.8, 4) is 0 Å². The molecule has 11 heteroatoms. The van der Waals surface area contributed by atoms with Gasteiger partial charge < -0.3 is 0 Å². The Hall–Kier alpha value is -7.30. The van der Waals surface area contributed by atoms with Crippen molar-refractivity contribution in [2.45, 2.75) is 278 Å². The first-order chi connectivity index (χ1) is 52.6. The second kappa shape index (κ2) is 52.3. The lowest BCUT2D eigenvalue weighted by atomic mass is 9.91. The molecule has 0 nitrogen and oxygen atoms in total. The van der Waals surface area contributed by atoms with Crippen LogP contribution in [0.3, 0.4) is 0 Å². The maximum atomic E-state index is 13.1. The number of benzene rings is 10. The van der Waals surface area contributed by atoms with Crippen molar-refractivity contribution in [2.24, 2.45) is 0 Å². The van der Waals surface area contributed by atoms with Gasteiger partial charge in [-0.15, -0.1) is 0 Å². The molecule has 0 spiro atoms. The fraction of sp³-hybridized carbons (Fsp3) is 0.412. The molecular formula is C102H133BrCl2F8. The van der Waals surface area contributed by atoms with E-state index in [0.29, 0.717) is 69.6 Å². The van der Waals surface area contributed by atoms with Gasteiger partial charge in [0.25, 0.3) is 0 Å². The fourth-order valence-electron chi connectivity index (χ4n) is 12.5. The van der Waals surface area contributed by atoms with Crippen LogP contribution in [0.15, 0.2) is 205 Å². The number of hydrogen-bond acceptors (Lipinski definition) is 0. The summed E-state index contributed by atoms with van der Waals surface area (Å²) in [5.74, 6) is 2.84. The molecule has 0 unspecified atom stereocenters. The van der Waals surface area contributed by atoms with Crippen molar-refractivity contribution in [3.05, 3.63) is 349 Å². The molecular weight excluding hydrogens is 1530 g/mol. The van der Waals surface area contributed by atoms with E-state index in [-0.39, 0.29) is 23.6 Å². The molecule has 0 N–H and O–H groups in total. The van der Waals surface area contributed by atoms with Gasteiger partial charge in [0.1, 0.15) is 29.1 Å². The van der Waals surface area contributed by atoms with Gasteiger partial charge in [0.15, 0.2) is 0 Å². The van der Waals surface area contributed by atoms with E-state index in [1.54, 1.807) is 33.8 Å². The predicted molar refractivity (Wildman–Crippen MR) is 480 cm³/mol. The molecule has 0 saturated heterocycles. The molecule has 0 aromatic heterocycles. The second-order valence-electron chi connectivity index (χ2n) is 32.2. The molecule has 0 aliphatic rings. The second-order valence-corrected chi connectivity index (χ2v) is 34.0. The van der Waals surface area contributed by atoms with Crippen molar-refractivity contribution >= 4 is 39.1 Å². The van der Waals surface area contributed by atoms with Gasteiger partial charge in [-0.05, 0) is 268 Å². The highest BCUT2D eigenvalue weighted by Gasteiger charge is 2.33. The smallest absolute Gasteiger partial charge is 0.207 e. The van der Waals surface area contributed by atoms with E-state index in [0.717, 1.165) is 40.2 Å². The van der Waals surface area contributed by atoms with Crippen LogP contribution in [0.25, 0.3) is 0 Å². The Kier molecular flexibility index (Phi) is 48.0. The molecule has 0 heterocycles. The normalized spacial score (nSPS) is 10.9. The van der Waals surface area contributed by atoms with Gasteiger partial charge in [0.2, 0.25) is 0 Å². The third-order valence-electron chi connectivity index (χ3n) is 18.7. The van der Waals surface area contributed by atoms with Gasteiger partial charge >= 0.3 is 6.18 Å². The van der Waals surface area contributed by atoms with Gasteiger partial charge in [-0.3, -0.25) is 0 Å². The highest BCUT2D eigenvalue weighted by molar-refractivity contribution is 9.10. The minimum Gasteiger partial charge on any atom is -0.207 e. The van der Waals surface area contributed by atoms with E-state index in [4.69, 9.17) is 23.2 Å². The van der Waals surface area contributed by atoms with Crippen molar-refractivity contribution in [1.29, 1.82) is 0 Å². The van der Waals surface area contributed by atoms with Crippen LogP contribution in [0.2, 0.25) is 10.0 Å². The summed E-state index contributed by atoms with van der Waals surface area (Å²) in [5.41, 5.74) is 20.3. The average Bonchev–Trinajstić information content (AvgIpc) is 0.820. The standard InChI is InChI=1S/C12H18.2C11H16.2C10H13Cl.C10H11F3.C10H12F2.C10H13F.C9H11Br.C9H10F2/c1-9(2)11-7-5-6-8-12(11)10(3)4;1-8(2)11-9(3)6-5-7-10(11)4;1-4-10-6-5-7-11(8-10)9(2)3;1-7(2)9-4-8(3)5-10(11)6-9;1-7(2)10-8(3)5-4-6-9(10)11;1-7(2)8-5-3-4-6-9(8)10(11,12)13;1-6(2)10-7(3)4-8(11)5-9(10)12;1-7(2)9-4-5-10(11)8(3)6-9;1-7(2)8-4-3-5-9(10)6-8;1-6(2)8-4-3-7(10)5-9(8)11/h5-10H,1-4H3;5-8H,1-4H3;5-9H,4H2,1-3H3;2*4-7H,1-3H3;3-7H,1-2H3;4-6H,1-3H3;4-7H,1-3H3;3-7H,1-2H3;3-6H,1-2H3. The zero-order valence-electron chi connectivity index (χ0n) is 73.3. The van der Waals surface area contributed by atoms with Crippen LogP contribution < -0.4 is 0 Å². The largest absolute Gasteiger partial charge is 0.416 e. The van der Waals surface area contributed by atoms with E-state index in [2.05, 4.69) is 258 Å². The van der Waals surface area contributed by atoms with Crippen LogP contribution >= 0.6 is 39.1 Å². The van der Waals surface area contributed by atoms with Gasteiger partial charge in [0.05, 0.1) is 5.56 Å². The van der Waals surface area contributed by atoms with Gasteiger partial charge in [-0.25, -0.2) is 22.0 Å². The maximum Gasteiger partial charge on any atom is 0.416 e. The fourth-order valence-corrected chi connectivity index (χ4v) is 13.7. The van der Waals surface area contributed by atoms with Crippen molar-refractivity contribution in [3.63, 3.8) is 0 Å².